The van der Waals surface area contributed by atoms with Gasteiger partial charge in [0, 0.05) is 12.7 Å². The molecule has 0 saturated heterocycles. The van der Waals surface area contributed by atoms with Crippen LogP contribution in [-0.2, 0) is 13.6 Å². The van der Waals surface area contributed by atoms with E-state index in [0.29, 0.717) is 6.54 Å². The maximum Gasteiger partial charge on any atom is 0.374 e. The lowest BCUT2D eigenvalue weighted by atomic mass is 10.7. The molecule has 0 aromatic carbocycles. The Morgan fingerprint density at radius 2 is 2.00 bits per heavy atom. The molecule has 0 aliphatic carbocycles. The summed E-state index contributed by atoms with van der Waals surface area (Å²) in [4.78, 5) is 0. The third-order valence-electron chi connectivity index (χ3n) is 1.34. The fraction of sp³-hybridized carbons (Fsp3) is 0.750. The maximum atomic E-state index is 12.0. The van der Waals surface area contributed by atoms with Crippen LogP contribution < -0.4 is 5.32 Å². The van der Waals surface area contributed by atoms with E-state index in [2.05, 4.69) is 5.32 Å². The molecule has 0 fully saturated rings. The Bertz CT molecular complexity index is 237. The zero-order chi connectivity index (χ0) is 11.7. The zero-order valence-corrected chi connectivity index (χ0v) is 10.6. The smallest absolute Gasteiger partial charge is 0.374 e. The lowest BCUT2D eigenvalue weighted by Gasteiger charge is -2.15. The van der Waals surface area contributed by atoms with Crippen LogP contribution in [-0.4, -0.2) is 31.5 Å². The van der Waals surface area contributed by atoms with E-state index in [4.69, 9.17) is 25.8 Å². The van der Waals surface area contributed by atoms with E-state index in [1.807, 2.05) is 0 Å². The topological polar surface area (TPSA) is 67.8 Å². The Hall–Kier alpha value is -0.0600. The average molecular weight is 258 g/mol. The van der Waals surface area contributed by atoms with Crippen LogP contribution in [0, 0.1) is 0 Å². The second kappa shape index (κ2) is 8.13. The second-order valence-electron chi connectivity index (χ2n) is 2.48. The Kier molecular flexibility index (Phi) is 8.10. The Balaban J connectivity index is 4.46. The molecule has 0 unspecified atom stereocenters. The molecule has 0 bridgehead atoms. The molecular weight excluding hydrogens is 241 g/mol. The van der Waals surface area contributed by atoms with Gasteiger partial charge in [0.15, 0.2) is 0 Å². The zero-order valence-electron chi connectivity index (χ0n) is 8.90. The number of aliphatic hydroxyl groups excluding tert-OH is 1. The van der Waals surface area contributed by atoms with Gasteiger partial charge in [-0.1, -0.05) is 11.6 Å². The van der Waals surface area contributed by atoms with Gasteiger partial charge in [-0.3, -0.25) is 4.57 Å². The van der Waals surface area contributed by atoms with E-state index in [9.17, 15) is 4.57 Å². The van der Waals surface area contributed by atoms with Crippen molar-refractivity contribution in [3.8, 4) is 0 Å². The van der Waals surface area contributed by atoms with Gasteiger partial charge in [-0.2, -0.15) is 0 Å². The van der Waals surface area contributed by atoms with Crippen LogP contribution >= 0.6 is 19.2 Å². The highest BCUT2D eigenvalue weighted by atomic mass is 35.5. The fourth-order valence-corrected chi connectivity index (χ4v) is 2.42. The highest BCUT2D eigenvalue weighted by Gasteiger charge is 2.28. The molecule has 15 heavy (non-hydrogen) atoms. The minimum Gasteiger partial charge on any atom is -0.395 e. The van der Waals surface area contributed by atoms with Gasteiger partial charge in [0.2, 0.25) is 0 Å². The molecular formula is C8H17ClNO4P. The summed E-state index contributed by atoms with van der Waals surface area (Å²) in [6.07, 6.45) is 1.32. The standard InChI is InChI=1S/C8H17ClNO4P/c1-3-13-15(12,14-4-2)8(9)7-10-5-6-11/h7,10-11H,3-6H2,1-2H3/b8-7-. The highest BCUT2D eigenvalue weighted by Crippen LogP contribution is 2.57. The monoisotopic (exact) mass is 257 g/mol. The summed E-state index contributed by atoms with van der Waals surface area (Å²) < 4.78 is 21.9. The molecule has 0 atom stereocenters. The summed E-state index contributed by atoms with van der Waals surface area (Å²) in [5.74, 6) is 0. The van der Waals surface area contributed by atoms with Crippen LogP contribution in [0.25, 0.3) is 0 Å². The first-order valence-corrected chi connectivity index (χ1v) is 6.62. The molecule has 0 aliphatic heterocycles. The van der Waals surface area contributed by atoms with Crippen molar-refractivity contribution in [1.82, 2.24) is 5.32 Å². The van der Waals surface area contributed by atoms with E-state index in [0.717, 1.165) is 0 Å². The molecule has 7 heteroatoms. The third kappa shape index (κ3) is 5.54. The molecule has 0 spiro atoms. The summed E-state index contributed by atoms with van der Waals surface area (Å²) in [7, 11) is -3.37. The fourth-order valence-electron chi connectivity index (χ4n) is 0.801. The van der Waals surface area contributed by atoms with Gasteiger partial charge < -0.3 is 19.5 Å². The van der Waals surface area contributed by atoms with Crippen LogP contribution in [0.4, 0.5) is 0 Å². The van der Waals surface area contributed by atoms with Gasteiger partial charge in [-0.15, -0.1) is 0 Å². The van der Waals surface area contributed by atoms with Crippen LogP contribution in [0.15, 0.2) is 11.0 Å². The lowest BCUT2D eigenvalue weighted by molar-refractivity contribution is 0.227. The summed E-state index contributed by atoms with van der Waals surface area (Å²) in [6, 6.07) is 0. The van der Waals surface area contributed by atoms with Crippen molar-refractivity contribution in [2.45, 2.75) is 13.8 Å². The quantitative estimate of drug-likeness (QED) is 0.513. The highest BCUT2D eigenvalue weighted by molar-refractivity contribution is 7.61. The first-order chi connectivity index (χ1) is 7.10. The number of aliphatic hydroxyl groups is 1. The number of hydrogen-bond acceptors (Lipinski definition) is 5. The van der Waals surface area contributed by atoms with Crippen molar-refractivity contribution in [1.29, 1.82) is 0 Å². The molecule has 90 valence electrons. The van der Waals surface area contributed by atoms with E-state index >= 15 is 0 Å². The predicted molar refractivity (Wildman–Crippen MR) is 59.9 cm³/mol. The number of rotatable bonds is 8. The van der Waals surface area contributed by atoms with Crippen LogP contribution in [0.2, 0.25) is 0 Å². The van der Waals surface area contributed by atoms with E-state index in [1.54, 1.807) is 13.8 Å². The maximum absolute atomic E-state index is 12.0. The molecule has 0 heterocycles. The Morgan fingerprint density at radius 3 is 2.40 bits per heavy atom. The van der Waals surface area contributed by atoms with Gasteiger partial charge >= 0.3 is 7.60 Å². The number of halogens is 1. The van der Waals surface area contributed by atoms with Crippen LogP contribution in [0.5, 0.6) is 0 Å². The van der Waals surface area contributed by atoms with Gasteiger partial charge in [0.25, 0.3) is 0 Å². The molecule has 2 N–H and O–H groups in total. The van der Waals surface area contributed by atoms with E-state index < -0.39 is 7.60 Å². The van der Waals surface area contributed by atoms with Crippen molar-refractivity contribution >= 4 is 19.2 Å². The minimum atomic E-state index is -3.37. The number of hydrogen-bond donors (Lipinski definition) is 2. The largest absolute Gasteiger partial charge is 0.395 e. The molecule has 0 aromatic rings. The molecule has 5 nitrogen and oxygen atoms in total. The van der Waals surface area contributed by atoms with E-state index in [-0.39, 0.29) is 24.6 Å². The van der Waals surface area contributed by atoms with Crippen molar-refractivity contribution in [2.75, 3.05) is 26.4 Å². The van der Waals surface area contributed by atoms with Crippen molar-refractivity contribution in [3.05, 3.63) is 11.0 Å². The minimum absolute atomic E-state index is 0.0142. The molecule has 0 radical (unpaired) electrons. The molecule has 0 amide bonds. The van der Waals surface area contributed by atoms with Gasteiger partial charge in [0.05, 0.1) is 19.8 Å². The van der Waals surface area contributed by atoms with Crippen molar-refractivity contribution in [3.63, 3.8) is 0 Å². The second-order valence-corrected chi connectivity index (χ2v) is 5.14. The van der Waals surface area contributed by atoms with Gasteiger partial charge in [-0.25, -0.2) is 0 Å². The van der Waals surface area contributed by atoms with E-state index in [1.165, 1.54) is 6.20 Å². The first kappa shape index (κ1) is 14.9. The Morgan fingerprint density at radius 1 is 1.47 bits per heavy atom. The summed E-state index contributed by atoms with van der Waals surface area (Å²) in [5.41, 5.74) is 0. The summed E-state index contributed by atoms with van der Waals surface area (Å²) in [5, 5.41) is 11.2. The molecule has 0 saturated carbocycles. The van der Waals surface area contributed by atoms with Crippen LogP contribution in [0.3, 0.4) is 0 Å². The normalized spacial score (nSPS) is 12.9. The summed E-state index contributed by atoms with van der Waals surface area (Å²) >= 11 is 5.79. The SMILES string of the molecule is CCOP(=O)(OCC)/C(Cl)=C\NCCO. The molecule has 0 aliphatic rings. The third-order valence-corrected chi connectivity index (χ3v) is 3.92. The Labute approximate surface area is 94.9 Å². The first-order valence-electron chi connectivity index (χ1n) is 4.70. The summed E-state index contributed by atoms with van der Waals surface area (Å²) in [6.45, 7) is 4.21. The van der Waals surface area contributed by atoms with Gasteiger partial charge in [-0.05, 0) is 13.8 Å². The number of nitrogens with one attached hydrogen (secondary N) is 1. The molecule has 0 rings (SSSR count). The van der Waals surface area contributed by atoms with Gasteiger partial charge in [0.1, 0.15) is 4.77 Å². The van der Waals surface area contributed by atoms with Crippen LogP contribution in [0.1, 0.15) is 13.8 Å². The van der Waals surface area contributed by atoms with Crippen molar-refractivity contribution in [2.24, 2.45) is 0 Å². The molecule has 0 aromatic heterocycles. The lowest BCUT2D eigenvalue weighted by Crippen LogP contribution is -2.11. The van der Waals surface area contributed by atoms with Crippen molar-refractivity contribution < 1.29 is 18.7 Å². The average Bonchev–Trinajstić information content (AvgIpc) is 2.18. The predicted octanol–water partition coefficient (Wildman–Crippen LogP) is 1.87.